The number of benzene rings is 2. The van der Waals surface area contributed by atoms with E-state index >= 15 is 0 Å². The summed E-state index contributed by atoms with van der Waals surface area (Å²) in [5, 5.41) is 2.89. The quantitative estimate of drug-likeness (QED) is 0.939. The Morgan fingerprint density at radius 1 is 1.12 bits per heavy atom. The molecule has 1 atom stereocenters. The Morgan fingerprint density at radius 2 is 1.79 bits per heavy atom. The van der Waals surface area contributed by atoms with Crippen molar-refractivity contribution in [2.45, 2.75) is 26.2 Å². The standard InChI is InChI=1S/C20H22N2O2/c1-14-8-15(2)10-18(9-14)21-19(23)13-22-12-17(11-20(22)24)16-6-4-3-5-7-16/h3-10,17H,11-13H2,1-2H3,(H,21,23)/t17-/m1/s1. The summed E-state index contributed by atoms with van der Waals surface area (Å²) in [5.74, 6) is 0.0641. The van der Waals surface area contributed by atoms with Crippen molar-refractivity contribution in [1.82, 2.24) is 4.90 Å². The van der Waals surface area contributed by atoms with Crippen molar-refractivity contribution < 1.29 is 9.59 Å². The highest BCUT2D eigenvalue weighted by atomic mass is 16.2. The highest BCUT2D eigenvalue weighted by Gasteiger charge is 2.31. The summed E-state index contributed by atoms with van der Waals surface area (Å²) < 4.78 is 0. The third-order valence-electron chi connectivity index (χ3n) is 4.33. The van der Waals surface area contributed by atoms with Crippen molar-refractivity contribution in [3.63, 3.8) is 0 Å². The van der Waals surface area contributed by atoms with Crippen LogP contribution in [-0.4, -0.2) is 29.8 Å². The Morgan fingerprint density at radius 3 is 2.46 bits per heavy atom. The molecule has 1 saturated heterocycles. The van der Waals surface area contributed by atoms with Crippen LogP contribution in [0.2, 0.25) is 0 Å². The number of hydrogen-bond acceptors (Lipinski definition) is 2. The summed E-state index contributed by atoms with van der Waals surface area (Å²) in [4.78, 5) is 26.1. The summed E-state index contributed by atoms with van der Waals surface area (Å²) in [7, 11) is 0. The SMILES string of the molecule is Cc1cc(C)cc(NC(=O)CN2C[C@H](c3ccccc3)CC2=O)c1. The van der Waals surface area contributed by atoms with Crippen LogP contribution in [0.3, 0.4) is 0 Å². The van der Waals surface area contributed by atoms with Crippen LogP contribution in [0.5, 0.6) is 0 Å². The van der Waals surface area contributed by atoms with E-state index in [-0.39, 0.29) is 24.3 Å². The van der Waals surface area contributed by atoms with E-state index in [2.05, 4.69) is 11.4 Å². The van der Waals surface area contributed by atoms with Crippen molar-refractivity contribution in [3.8, 4) is 0 Å². The molecule has 24 heavy (non-hydrogen) atoms. The van der Waals surface area contributed by atoms with Gasteiger partial charge in [0.25, 0.3) is 0 Å². The minimum absolute atomic E-state index is 0.0411. The van der Waals surface area contributed by atoms with Crippen LogP contribution in [0.1, 0.15) is 29.0 Å². The molecule has 0 saturated carbocycles. The zero-order chi connectivity index (χ0) is 17.1. The van der Waals surface area contributed by atoms with E-state index < -0.39 is 0 Å². The van der Waals surface area contributed by atoms with Gasteiger partial charge in [-0.3, -0.25) is 9.59 Å². The van der Waals surface area contributed by atoms with E-state index in [1.54, 1.807) is 4.90 Å². The first-order chi connectivity index (χ1) is 11.5. The first kappa shape index (κ1) is 16.2. The van der Waals surface area contributed by atoms with Gasteiger partial charge < -0.3 is 10.2 Å². The number of aryl methyl sites for hydroxylation is 2. The van der Waals surface area contributed by atoms with Crippen LogP contribution in [-0.2, 0) is 9.59 Å². The number of nitrogens with zero attached hydrogens (tertiary/aromatic N) is 1. The average molecular weight is 322 g/mol. The van der Waals surface area contributed by atoms with Gasteiger partial charge in [0.2, 0.25) is 11.8 Å². The zero-order valence-corrected chi connectivity index (χ0v) is 14.1. The second-order valence-electron chi connectivity index (χ2n) is 6.51. The highest BCUT2D eigenvalue weighted by molar-refractivity contribution is 5.95. The maximum atomic E-state index is 12.3. The van der Waals surface area contributed by atoms with E-state index in [9.17, 15) is 9.59 Å². The molecule has 0 radical (unpaired) electrons. The average Bonchev–Trinajstić information content (AvgIpc) is 2.88. The number of carbonyl (C=O) groups is 2. The monoisotopic (exact) mass is 322 g/mol. The third-order valence-corrected chi connectivity index (χ3v) is 4.33. The fraction of sp³-hybridized carbons (Fsp3) is 0.300. The molecule has 124 valence electrons. The van der Waals surface area contributed by atoms with Gasteiger partial charge in [-0.1, -0.05) is 36.4 Å². The predicted octanol–water partition coefficient (Wildman–Crippen LogP) is 3.26. The van der Waals surface area contributed by atoms with Crippen LogP contribution in [0, 0.1) is 13.8 Å². The number of likely N-dealkylation sites (tertiary alicyclic amines) is 1. The van der Waals surface area contributed by atoms with E-state index in [1.807, 2.05) is 56.3 Å². The molecule has 3 rings (SSSR count). The Labute approximate surface area is 142 Å². The lowest BCUT2D eigenvalue weighted by Crippen LogP contribution is -2.34. The molecule has 1 N–H and O–H groups in total. The number of carbonyl (C=O) groups excluding carboxylic acids is 2. The van der Waals surface area contributed by atoms with E-state index in [1.165, 1.54) is 0 Å². The number of amides is 2. The molecule has 0 spiro atoms. The molecule has 0 aliphatic carbocycles. The molecule has 1 aliphatic heterocycles. The Hall–Kier alpha value is -2.62. The van der Waals surface area contributed by atoms with Gasteiger partial charge in [-0.25, -0.2) is 0 Å². The van der Waals surface area contributed by atoms with Crippen molar-refractivity contribution in [2.24, 2.45) is 0 Å². The first-order valence-electron chi connectivity index (χ1n) is 8.22. The van der Waals surface area contributed by atoms with Crippen LogP contribution in [0.25, 0.3) is 0 Å². The molecule has 2 aromatic rings. The molecule has 1 heterocycles. The molecule has 0 bridgehead atoms. The molecule has 0 aromatic heterocycles. The lowest BCUT2D eigenvalue weighted by Gasteiger charge is -2.17. The summed E-state index contributed by atoms with van der Waals surface area (Å²) in [6.45, 7) is 4.70. The second-order valence-corrected chi connectivity index (χ2v) is 6.51. The number of nitrogens with one attached hydrogen (secondary N) is 1. The Balaban J connectivity index is 1.61. The van der Waals surface area contributed by atoms with Gasteiger partial charge in [-0.15, -0.1) is 0 Å². The van der Waals surface area contributed by atoms with Crippen LogP contribution in [0.15, 0.2) is 48.5 Å². The Bertz CT molecular complexity index is 735. The van der Waals surface area contributed by atoms with Gasteiger partial charge in [0.1, 0.15) is 0 Å². The molecule has 1 fully saturated rings. The second kappa shape index (κ2) is 6.87. The fourth-order valence-corrected chi connectivity index (χ4v) is 3.29. The largest absolute Gasteiger partial charge is 0.333 e. The predicted molar refractivity (Wildman–Crippen MR) is 94.9 cm³/mol. The van der Waals surface area contributed by atoms with Gasteiger partial charge >= 0.3 is 0 Å². The van der Waals surface area contributed by atoms with E-state index in [0.29, 0.717) is 13.0 Å². The fourth-order valence-electron chi connectivity index (χ4n) is 3.29. The van der Waals surface area contributed by atoms with Gasteiger partial charge in [0, 0.05) is 24.6 Å². The first-order valence-corrected chi connectivity index (χ1v) is 8.22. The van der Waals surface area contributed by atoms with E-state index in [4.69, 9.17) is 0 Å². The third kappa shape index (κ3) is 3.82. The van der Waals surface area contributed by atoms with Crippen molar-refractivity contribution in [2.75, 3.05) is 18.4 Å². The summed E-state index contributed by atoms with van der Waals surface area (Å²) in [6, 6.07) is 15.9. The summed E-state index contributed by atoms with van der Waals surface area (Å²) in [5.41, 5.74) is 4.14. The minimum Gasteiger partial charge on any atom is -0.333 e. The lowest BCUT2D eigenvalue weighted by molar-refractivity contribution is -0.131. The van der Waals surface area contributed by atoms with Crippen LogP contribution < -0.4 is 5.32 Å². The number of rotatable bonds is 4. The normalized spacial score (nSPS) is 17.2. The Kier molecular flexibility index (Phi) is 4.65. The van der Waals surface area contributed by atoms with Gasteiger partial charge in [-0.05, 0) is 42.7 Å². The van der Waals surface area contributed by atoms with Crippen molar-refractivity contribution in [1.29, 1.82) is 0 Å². The molecule has 4 nitrogen and oxygen atoms in total. The maximum absolute atomic E-state index is 12.3. The van der Waals surface area contributed by atoms with Gasteiger partial charge in [0.15, 0.2) is 0 Å². The van der Waals surface area contributed by atoms with Crippen LogP contribution >= 0.6 is 0 Å². The molecular formula is C20H22N2O2. The maximum Gasteiger partial charge on any atom is 0.243 e. The summed E-state index contributed by atoms with van der Waals surface area (Å²) in [6.07, 6.45) is 0.473. The number of hydrogen-bond donors (Lipinski definition) is 1. The van der Waals surface area contributed by atoms with Gasteiger partial charge in [0.05, 0.1) is 6.54 Å². The van der Waals surface area contributed by atoms with Crippen LogP contribution in [0.4, 0.5) is 5.69 Å². The smallest absolute Gasteiger partial charge is 0.243 e. The molecule has 0 unspecified atom stereocenters. The highest BCUT2D eigenvalue weighted by Crippen LogP contribution is 2.27. The molecule has 4 heteroatoms. The van der Waals surface area contributed by atoms with Gasteiger partial charge in [-0.2, -0.15) is 0 Å². The number of anilines is 1. The topological polar surface area (TPSA) is 49.4 Å². The summed E-state index contributed by atoms with van der Waals surface area (Å²) >= 11 is 0. The minimum atomic E-state index is -0.151. The lowest BCUT2D eigenvalue weighted by atomic mass is 9.99. The van der Waals surface area contributed by atoms with Crippen molar-refractivity contribution >= 4 is 17.5 Å². The molecule has 2 aromatic carbocycles. The molecule has 1 aliphatic rings. The molecule has 2 amide bonds. The molecular weight excluding hydrogens is 300 g/mol. The van der Waals surface area contributed by atoms with Crippen molar-refractivity contribution in [3.05, 3.63) is 65.2 Å². The van der Waals surface area contributed by atoms with E-state index in [0.717, 1.165) is 22.4 Å². The zero-order valence-electron chi connectivity index (χ0n) is 14.1.